The highest BCUT2D eigenvalue weighted by Gasteiger charge is 2.21. The van der Waals surface area contributed by atoms with E-state index in [-0.39, 0.29) is 0 Å². The Hall–Kier alpha value is -1.39. The van der Waals surface area contributed by atoms with Crippen LogP contribution in [0, 0.1) is 6.92 Å². The van der Waals surface area contributed by atoms with E-state index in [2.05, 4.69) is 34.6 Å². The van der Waals surface area contributed by atoms with Gasteiger partial charge in [0.25, 0.3) is 0 Å². The molecule has 3 rings (SSSR count). The largest absolute Gasteiger partial charge is 0.328 e. The molecule has 2 aromatic rings. The first-order valence-corrected chi connectivity index (χ1v) is 6.16. The van der Waals surface area contributed by atoms with Crippen molar-refractivity contribution < 1.29 is 0 Å². The number of fused-ring (bicyclic) bond motifs is 1. The molecule has 1 aliphatic rings. The summed E-state index contributed by atoms with van der Waals surface area (Å²) in [4.78, 5) is 0. The predicted molar refractivity (Wildman–Crippen MR) is 68.8 cm³/mol. The molecular weight excluding hydrogens is 212 g/mol. The van der Waals surface area contributed by atoms with Crippen molar-refractivity contribution in [2.75, 3.05) is 6.54 Å². The Balaban J connectivity index is 2.00. The average Bonchev–Trinajstić information content (AvgIpc) is 2.75. The van der Waals surface area contributed by atoms with Gasteiger partial charge < -0.3 is 11.1 Å². The van der Waals surface area contributed by atoms with Crippen LogP contribution < -0.4 is 11.1 Å². The van der Waals surface area contributed by atoms with Crippen molar-refractivity contribution in [1.29, 1.82) is 0 Å². The monoisotopic (exact) mass is 230 g/mol. The van der Waals surface area contributed by atoms with E-state index in [1.54, 1.807) is 0 Å². The van der Waals surface area contributed by atoms with E-state index in [1.165, 1.54) is 16.5 Å². The summed E-state index contributed by atoms with van der Waals surface area (Å²) < 4.78 is 0. The SMILES string of the molecule is Cc1cc2cn[nH]c2cc1C1CC(N)CCN1. The van der Waals surface area contributed by atoms with E-state index in [0.717, 1.165) is 24.9 Å². The van der Waals surface area contributed by atoms with Gasteiger partial charge >= 0.3 is 0 Å². The molecule has 4 heteroatoms. The van der Waals surface area contributed by atoms with E-state index in [1.807, 2.05) is 6.20 Å². The number of hydrogen-bond donors (Lipinski definition) is 3. The molecule has 0 bridgehead atoms. The lowest BCUT2D eigenvalue weighted by Gasteiger charge is -2.29. The van der Waals surface area contributed by atoms with Crippen LogP contribution in [0.3, 0.4) is 0 Å². The summed E-state index contributed by atoms with van der Waals surface area (Å²) in [7, 11) is 0. The second-order valence-corrected chi connectivity index (χ2v) is 4.96. The minimum atomic E-state index is 0.318. The zero-order chi connectivity index (χ0) is 11.8. The zero-order valence-corrected chi connectivity index (χ0v) is 10.0. The number of aryl methyl sites for hydroxylation is 1. The molecule has 1 saturated heterocycles. The Kier molecular flexibility index (Phi) is 2.61. The molecule has 1 aromatic carbocycles. The number of aromatic amines is 1. The van der Waals surface area contributed by atoms with Crippen molar-refractivity contribution >= 4 is 10.9 Å². The Bertz CT molecular complexity index is 531. The smallest absolute Gasteiger partial charge is 0.0653 e. The number of H-pyrrole nitrogens is 1. The molecule has 1 aromatic heterocycles. The first-order chi connectivity index (χ1) is 8.24. The van der Waals surface area contributed by atoms with Crippen LogP contribution in [-0.2, 0) is 0 Å². The fourth-order valence-corrected chi connectivity index (χ4v) is 2.68. The van der Waals surface area contributed by atoms with E-state index in [4.69, 9.17) is 5.73 Å². The van der Waals surface area contributed by atoms with Crippen LogP contribution in [0.5, 0.6) is 0 Å². The second kappa shape index (κ2) is 4.13. The Labute approximate surface area is 101 Å². The standard InChI is InChI=1S/C13H18N4/c1-8-4-9-7-16-17-12(9)6-11(8)13-5-10(14)2-3-15-13/h4,6-7,10,13,15H,2-3,5,14H2,1H3,(H,16,17). The van der Waals surface area contributed by atoms with Crippen LogP contribution in [0.1, 0.15) is 30.0 Å². The fraction of sp³-hybridized carbons (Fsp3) is 0.462. The van der Waals surface area contributed by atoms with Crippen LogP contribution in [-0.4, -0.2) is 22.8 Å². The number of piperidine rings is 1. The van der Waals surface area contributed by atoms with Gasteiger partial charge in [-0.2, -0.15) is 5.10 Å². The summed E-state index contributed by atoms with van der Waals surface area (Å²) in [6.45, 7) is 3.16. The fourth-order valence-electron chi connectivity index (χ4n) is 2.68. The lowest BCUT2D eigenvalue weighted by atomic mass is 9.91. The van der Waals surface area contributed by atoms with Gasteiger partial charge in [-0.15, -0.1) is 0 Å². The van der Waals surface area contributed by atoms with Gasteiger partial charge in [0.05, 0.1) is 11.7 Å². The van der Waals surface area contributed by atoms with Gasteiger partial charge in [-0.25, -0.2) is 0 Å². The molecule has 2 unspecified atom stereocenters. The highest BCUT2D eigenvalue weighted by molar-refractivity contribution is 5.79. The molecule has 0 saturated carbocycles. The van der Waals surface area contributed by atoms with Crippen molar-refractivity contribution in [1.82, 2.24) is 15.5 Å². The molecule has 0 spiro atoms. The van der Waals surface area contributed by atoms with Gasteiger partial charge in [-0.1, -0.05) is 0 Å². The number of nitrogens with two attached hydrogens (primary N) is 1. The molecule has 4 nitrogen and oxygen atoms in total. The average molecular weight is 230 g/mol. The number of nitrogens with zero attached hydrogens (tertiary/aromatic N) is 1. The highest BCUT2D eigenvalue weighted by Crippen LogP contribution is 2.28. The first-order valence-electron chi connectivity index (χ1n) is 6.16. The third kappa shape index (κ3) is 1.94. The molecule has 0 amide bonds. The van der Waals surface area contributed by atoms with Crippen LogP contribution in [0.2, 0.25) is 0 Å². The lowest BCUT2D eigenvalue weighted by Crippen LogP contribution is -2.38. The molecule has 0 radical (unpaired) electrons. The summed E-state index contributed by atoms with van der Waals surface area (Å²) in [5.74, 6) is 0. The lowest BCUT2D eigenvalue weighted by molar-refractivity contribution is 0.369. The molecule has 0 aliphatic carbocycles. The maximum absolute atomic E-state index is 6.05. The van der Waals surface area contributed by atoms with E-state index in [9.17, 15) is 0 Å². The molecule has 90 valence electrons. The van der Waals surface area contributed by atoms with Crippen LogP contribution in [0.4, 0.5) is 0 Å². The molecule has 2 heterocycles. The topological polar surface area (TPSA) is 66.7 Å². The Morgan fingerprint density at radius 2 is 2.29 bits per heavy atom. The predicted octanol–water partition coefficient (Wildman–Crippen LogP) is 1.62. The second-order valence-electron chi connectivity index (χ2n) is 4.96. The van der Waals surface area contributed by atoms with E-state index < -0.39 is 0 Å². The van der Waals surface area contributed by atoms with Crippen LogP contribution in [0.25, 0.3) is 10.9 Å². The number of rotatable bonds is 1. The van der Waals surface area contributed by atoms with Crippen LogP contribution >= 0.6 is 0 Å². The van der Waals surface area contributed by atoms with Crippen molar-refractivity contribution in [3.8, 4) is 0 Å². The Morgan fingerprint density at radius 3 is 3.12 bits per heavy atom. The summed E-state index contributed by atoms with van der Waals surface area (Å²) in [6, 6.07) is 5.09. The minimum Gasteiger partial charge on any atom is -0.328 e. The third-order valence-corrected chi connectivity index (χ3v) is 3.65. The highest BCUT2D eigenvalue weighted by atomic mass is 15.1. The maximum Gasteiger partial charge on any atom is 0.0653 e. The van der Waals surface area contributed by atoms with Gasteiger partial charge in [0, 0.05) is 17.5 Å². The quantitative estimate of drug-likeness (QED) is 0.697. The summed E-state index contributed by atoms with van der Waals surface area (Å²) in [6.07, 6.45) is 3.95. The zero-order valence-electron chi connectivity index (χ0n) is 10.0. The Morgan fingerprint density at radius 1 is 1.41 bits per heavy atom. The van der Waals surface area contributed by atoms with Crippen LogP contribution in [0.15, 0.2) is 18.3 Å². The van der Waals surface area contributed by atoms with Crippen molar-refractivity contribution in [2.45, 2.75) is 31.8 Å². The van der Waals surface area contributed by atoms with Gasteiger partial charge in [0.2, 0.25) is 0 Å². The van der Waals surface area contributed by atoms with Gasteiger partial charge in [-0.3, -0.25) is 5.10 Å². The number of benzene rings is 1. The number of hydrogen-bond acceptors (Lipinski definition) is 3. The van der Waals surface area contributed by atoms with Gasteiger partial charge in [-0.05, 0) is 49.6 Å². The van der Waals surface area contributed by atoms with Crippen molar-refractivity contribution in [2.24, 2.45) is 5.73 Å². The maximum atomic E-state index is 6.05. The molecule has 1 fully saturated rings. The summed E-state index contributed by atoms with van der Waals surface area (Å²) in [5.41, 5.74) is 9.80. The van der Waals surface area contributed by atoms with E-state index >= 15 is 0 Å². The minimum absolute atomic E-state index is 0.318. The van der Waals surface area contributed by atoms with Gasteiger partial charge in [0.1, 0.15) is 0 Å². The van der Waals surface area contributed by atoms with Crippen molar-refractivity contribution in [3.05, 3.63) is 29.5 Å². The molecule has 4 N–H and O–H groups in total. The molecule has 2 atom stereocenters. The molecule has 17 heavy (non-hydrogen) atoms. The van der Waals surface area contributed by atoms with Gasteiger partial charge in [0.15, 0.2) is 0 Å². The molecule has 1 aliphatic heterocycles. The molecular formula is C13H18N4. The number of aromatic nitrogens is 2. The third-order valence-electron chi connectivity index (χ3n) is 3.65. The summed E-state index contributed by atoms with van der Waals surface area (Å²) >= 11 is 0. The van der Waals surface area contributed by atoms with Crippen molar-refractivity contribution in [3.63, 3.8) is 0 Å². The van der Waals surface area contributed by atoms with E-state index in [0.29, 0.717) is 12.1 Å². The summed E-state index contributed by atoms with van der Waals surface area (Å²) in [5, 5.41) is 11.8. The first kappa shape index (κ1) is 10.7. The number of nitrogens with one attached hydrogen (secondary N) is 2. The normalized spacial score (nSPS) is 25.3.